The fourth-order valence-corrected chi connectivity index (χ4v) is 2.22. The molecule has 0 unspecified atom stereocenters. The summed E-state index contributed by atoms with van der Waals surface area (Å²) in [5.41, 5.74) is 0.903. The Morgan fingerprint density at radius 1 is 0.833 bits per heavy atom. The Morgan fingerprint density at radius 3 is 2.17 bits per heavy atom. The first kappa shape index (κ1) is 19.9. The topological polar surface area (TPSA) is 69.7 Å². The lowest BCUT2D eigenvalue weighted by Crippen LogP contribution is -2.11. The van der Waals surface area contributed by atoms with Gasteiger partial charge in [0.1, 0.15) is 18.8 Å². The standard InChI is InChI=1S/C19H26O5/c1-2-23-18(21)13-9-4-3-8-12-17(20)14-19(22)24-15-16-10-6-5-7-11-16/h5-7,10-11H,2-4,8-9,12-15H2,1H3. The molecule has 0 heterocycles. The predicted octanol–water partition coefficient (Wildman–Crippen LogP) is 3.59. The molecule has 0 aromatic heterocycles. The van der Waals surface area contributed by atoms with Gasteiger partial charge in [0.15, 0.2) is 0 Å². The number of ketones is 1. The summed E-state index contributed by atoms with van der Waals surface area (Å²) < 4.78 is 9.92. The highest BCUT2D eigenvalue weighted by atomic mass is 16.5. The molecule has 24 heavy (non-hydrogen) atoms. The number of unbranched alkanes of at least 4 members (excludes halogenated alkanes) is 3. The first-order valence-electron chi connectivity index (χ1n) is 8.48. The highest BCUT2D eigenvalue weighted by molar-refractivity contribution is 5.95. The van der Waals surface area contributed by atoms with Crippen LogP contribution >= 0.6 is 0 Å². The minimum atomic E-state index is -0.480. The molecule has 0 amide bonds. The molecule has 132 valence electrons. The zero-order chi connectivity index (χ0) is 17.6. The highest BCUT2D eigenvalue weighted by Crippen LogP contribution is 2.08. The van der Waals surface area contributed by atoms with Gasteiger partial charge in [-0.1, -0.05) is 43.2 Å². The lowest BCUT2D eigenvalue weighted by atomic mass is 10.1. The second kappa shape index (κ2) is 12.3. The normalized spacial score (nSPS) is 10.2. The molecule has 1 aromatic carbocycles. The van der Waals surface area contributed by atoms with Gasteiger partial charge in [-0.3, -0.25) is 14.4 Å². The van der Waals surface area contributed by atoms with Gasteiger partial charge in [0.05, 0.1) is 6.61 Å². The van der Waals surface area contributed by atoms with Crippen LogP contribution in [0.25, 0.3) is 0 Å². The number of Topliss-reactive ketones (excluding diaryl/α,β-unsaturated/α-hetero) is 1. The number of benzene rings is 1. The molecule has 1 rings (SSSR count). The summed E-state index contributed by atoms with van der Waals surface area (Å²) >= 11 is 0. The fourth-order valence-electron chi connectivity index (χ4n) is 2.22. The van der Waals surface area contributed by atoms with Crippen molar-refractivity contribution in [3.63, 3.8) is 0 Å². The molecular formula is C19H26O5. The first-order valence-corrected chi connectivity index (χ1v) is 8.48. The largest absolute Gasteiger partial charge is 0.466 e. The second-order valence-electron chi connectivity index (χ2n) is 5.58. The third-order valence-electron chi connectivity index (χ3n) is 3.48. The van der Waals surface area contributed by atoms with Crippen molar-refractivity contribution >= 4 is 17.7 Å². The molecule has 0 aliphatic rings. The first-order chi connectivity index (χ1) is 11.6. The smallest absolute Gasteiger partial charge is 0.313 e. The maximum Gasteiger partial charge on any atom is 0.313 e. The lowest BCUT2D eigenvalue weighted by molar-refractivity contribution is -0.147. The van der Waals surface area contributed by atoms with Gasteiger partial charge in [0, 0.05) is 12.8 Å². The van der Waals surface area contributed by atoms with Crippen molar-refractivity contribution in [2.45, 2.75) is 58.5 Å². The molecule has 0 aliphatic heterocycles. The van der Waals surface area contributed by atoms with Crippen LogP contribution in [0.1, 0.15) is 57.4 Å². The predicted molar refractivity (Wildman–Crippen MR) is 90.2 cm³/mol. The van der Waals surface area contributed by atoms with Crippen LogP contribution in [0, 0.1) is 0 Å². The van der Waals surface area contributed by atoms with Crippen molar-refractivity contribution in [2.24, 2.45) is 0 Å². The van der Waals surface area contributed by atoms with Crippen LogP contribution < -0.4 is 0 Å². The van der Waals surface area contributed by atoms with E-state index in [1.807, 2.05) is 30.3 Å². The van der Waals surface area contributed by atoms with Crippen molar-refractivity contribution < 1.29 is 23.9 Å². The number of hydrogen-bond acceptors (Lipinski definition) is 5. The lowest BCUT2D eigenvalue weighted by Gasteiger charge is -2.05. The van der Waals surface area contributed by atoms with Gasteiger partial charge in [-0.15, -0.1) is 0 Å². The molecule has 0 N–H and O–H groups in total. The van der Waals surface area contributed by atoms with Crippen LogP contribution in [0.15, 0.2) is 30.3 Å². The van der Waals surface area contributed by atoms with Crippen LogP contribution in [0.3, 0.4) is 0 Å². The third-order valence-corrected chi connectivity index (χ3v) is 3.48. The van der Waals surface area contributed by atoms with Crippen LogP contribution in [0.2, 0.25) is 0 Å². The Kier molecular flexibility index (Phi) is 10.2. The van der Waals surface area contributed by atoms with Gasteiger partial charge in [-0.05, 0) is 25.3 Å². The third kappa shape index (κ3) is 9.77. The van der Waals surface area contributed by atoms with E-state index in [1.165, 1.54) is 0 Å². The van der Waals surface area contributed by atoms with E-state index in [0.29, 0.717) is 19.4 Å². The van der Waals surface area contributed by atoms with Gasteiger partial charge in [-0.25, -0.2) is 0 Å². The maximum absolute atomic E-state index is 11.7. The van der Waals surface area contributed by atoms with E-state index in [0.717, 1.165) is 31.2 Å². The van der Waals surface area contributed by atoms with Gasteiger partial charge in [-0.2, -0.15) is 0 Å². The zero-order valence-electron chi connectivity index (χ0n) is 14.3. The average Bonchev–Trinajstić information content (AvgIpc) is 2.57. The highest BCUT2D eigenvalue weighted by Gasteiger charge is 2.10. The molecule has 0 aliphatic carbocycles. The Morgan fingerprint density at radius 2 is 1.50 bits per heavy atom. The monoisotopic (exact) mass is 334 g/mol. The van der Waals surface area contributed by atoms with Crippen LogP contribution in [-0.4, -0.2) is 24.3 Å². The minimum Gasteiger partial charge on any atom is -0.466 e. The SMILES string of the molecule is CCOC(=O)CCCCCCC(=O)CC(=O)OCc1ccccc1. The molecule has 1 aromatic rings. The molecule has 0 bridgehead atoms. The minimum absolute atomic E-state index is 0.0987. The zero-order valence-corrected chi connectivity index (χ0v) is 14.3. The van der Waals surface area contributed by atoms with Crippen LogP contribution in [0.4, 0.5) is 0 Å². The summed E-state index contributed by atoms with van der Waals surface area (Å²) in [6.07, 6.45) is 3.87. The molecule has 5 heteroatoms. The van der Waals surface area contributed by atoms with Gasteiger partial charge < -0.3 is 9.47 Å². The molecular weight excluding hydrogens is 308 g/mol. The molecule has 0 saturated heterocycles. The quantitative estimate of drug-likeness (QED) is 0.332. The van der Waals surface area contributed by atoms with Crippen molar-refractivity contribution in [1.82, 2.24) is 0 Å². The number of hydrogen-bond donors (Lipinski definition) is 0. The summed E-state index contributed by atoms with van der Waals surface area (Å²) in [5, 5.41) is 0. The van der Waals surface area contributed by atoms with Crippen molar-refractivity contribution in [1.29, 1.82) is 0 Å². The van der Waals surface area contributed by atoms with E-state index in [2.05, 4.69) is 0 Å². The summed E-state index contributed by atoms with van der Waals surface area (Å²) in [7, 11) is 0. The number of carbonyl (C=O) groups is 3. The van der Waals surface area contributed by atoms with E-state index in [4.69, 9.17) is 9.47 Å². The molecule has 5 nitrogen and oxygen atoms in total. The molecule has 0 radical (unpaired) electrons. The Labute approximate surface area is 143 Å². The van der Waals surface area contributed by atoms with Gasteiger partial charge >= 0.3 is 11.9 Å². The van der Waals surface area contributed by atoms with E-state index >= 15 is 0 Å². The van der Waals surface area contributed by atoms with E-state index in [-0.39, 0.29) is 24.8 Å². The molecule has 0 atom stereocenters. The summed E-state index contributed by atoms with van der Waals surface area (Å²) in [6.45, 7) is 2.39. The average molecular weight is 334 g/mol. The van der Waals surface area contributed by atoms with Crippen molar-refractivity contribution in [3.05, 3.63) is 35.9 Å². The van der Waals surface area contributed by atoms with E-state index < -0.39 is 5.97 Å². The van der Waals surface area contributed by atoms with E-state index in [9.17, 15) is 14.4 Å². The van der Waals surface area contributed by atoms with Gasteiger partial charge in [0.2, 0.25) is 0 Å². The Balaban J connectivity index is 2.03. The van der Waals surface area contributed by atoms with Crippen LogP contribution in [-0.2, 0) is 30.5 Å². The number of esters is 2. The molecule has 0 fully saturated rings. The molecule has 0 spiro atoms. The number of ether oxygens (including phenoxy) is 2. The molecule has 0 saturated carbocycles. The second-order valence-corrected chi connectivity index (χ2v) is 5.58. The van der Waals surface area contributed by atoms with Crippen LogP contribution in [0.5, 0.6) is 0 Å². The van der Waals surface area contributed by atoms with Crippen molar-refractivity contribution in [2.75, 3.05) is 6.61 Å². The van der Waals surface area contributed by atoms with Gasteiger partial charge in [0.25, 0.3) is 0 Å². The summed E-state index contributed by atoms with van der Waals surface area (Å²) in [5.74, 6) is -0.751. The Bertz CT molecular complexity index is 510. The number of rotatable bonds is 12. The fraction of sp³-hybridized carbons (Fsp3) is 0.526. The maximum atomic E-state index is 11.7. The summed E-state index contributed by atoms with van der Waals surface area (Å²) in [6, 6.07) is 9.37. The Hall–Kier alpha value is -2.17. The number of carbonyl (C=O) groups excluding carboxylic acids is 3. The van der Waals surface area contributed by atoms with Crippen molar-refractivity contribution in [3.8, 4) is 0 Å². The summed E-state index contributed by atoms with van der Waals surface area (Å²) in [4.78, 5) is 34.5. The van der Waals surface area contributed by atoms with E-state index in [1.54, 1.807) is 6.92 Å².